The molecule has 3 nitrogen and oxygen atoms in total. The summed E-state index contributed by atoms with van der Waals surface area (Å²) in [5.41, 5.74) is 1.15. The zero-order chi connectivity index (χ0) is 14.6. The molecule has 114 valence electrons. The fourth-order valence-electron chi connectivity index (χ4n) is 1.99. The molecule has 0 spiro atoms. The molecule has 0 atom stereocenters. The van der Waals surface area contributed by atoms with E-state index in [4.69, 9.17) is 4.74 Å². The SMILES string of the molecule is CCCCCCCOc1ccc(NCCN(C)C)cc1. The summed E-state index contributed by atoms with van der Waals surface area (Å²) in [6, 6.07) is 8.26. The lowest BCUT2D eigenvalue weighted by atomic mass is 10.2. The van der Waals surface area contributed by atoms with Gasteiger partial charge in [0.2, 0.25) is 0 Å². The van der Waals surface area contributed by atoms with Crippen LogP contribution in [0.4, 0.5) is 5.69 Å². The van der Waals surface area contributed by atoms with Gasteiger partial charge in [0.25, 0.3) is 0 Å². The largest absolute Gasteiger partial charge is 0.494 e. The van der Waals surface area contributed by atoms with Crippen LogP contribution < -0.4 is 10.1 Å². The number of nitrogens with one attached hydrogen (secondary N) is 1. The normalized spacial score (nSPS) is 10.8. The molecule has 0 aliphatic carbocycles. The average molecular weight is 278 g/mol. The van der Waals surface area contributed by atoms with Crippen LogP contribution in [0.15, 0.2) is 24.3 Å². The van der Waals surface area contributed by atoms with Crippen molar-refractivity contribution < 1.29 is 4.74 Å². The maximum atomic E-state index is 5.75. The highest BCUT2D eigenvalue weighted by Gasteiger charge is 1.96. The van der Waals surface area contributed by atoms with Gasteiger partial charge in [0.05, 0.1) is 6.61 Å². The van der Waals surface area contributed by atoms with Gasteiger partial charge < -0.3 is 15.0 Å². The van der Waals surface area contributed by atoms with Gasteiger partial charge in [-0.05, 0) is 44.8 Å². The topological polar surface area (TPSA) is 24.5 Å². The fraction of sp³-hybridized carbons (Fsp3) is 0.647. The van der Waals surface area contributed by atoms with E-state index in [0.29, 0.717) is 0 Å². The summed E-state index contributed by atoms with van der Waals surface area (Å²) in [5, 5.41) is 3.40. The van der Waals surface area contributed by atoms with Crippen LogP contribution in [0.25, 0.3) is 0 Å². The minimum atomic E-state index is 0.830. The Bertz CT molecular complexity index is 335. The van der Waals surface area contributed by atoms with Crippen LogP contribution in [0.1, 0.15) is 39.0 Å². The molecule has 0 fully saturated rings. The number of hydrogen-bond donors (Lipinski definition) is 1. The molecule has 1 rings (SSSR count). The van der Waals surface area contributed by atoms with Crippen LogP contribution in [0.3, 0.4) is 0 Å². The summed E-state index contributed by atoms with van der Waals surface area (Å²) in [7, 11) is 4.16. The van der Waals surface area contributed by atoms with Gasteiger partial charge in [0, 0.05) is 18.8 Å². The van der Waals surface area contributed by atoms with E-state index in [-0.39, 0.29) is 0 Å². The first-order valence-corrected chi connectivity index (χ1v) is 7.84. The maximum Gasteiger partial charge on any atom is 0.119 e. The summed E-state index contributed by atoms with van der Waals surface area (Å²) >= 11 is 0. The van der Waals surface area contributed by atoms with E-state index in [9.17, 15) is 0 Å². The molecule has 1 aromatic carbocycles. The zero-order valence-corrected chi connectivity index (χ0v) is 13.3. The molecule has 1 N–H and O–H groups in total. The quantitative estimate of drug-likeness (QED) is 0.619. The number of benzene rings is 1. The van der Waals surface area contributed by atoms with Crippen molar-refractivity contribution in [2.24, 2.45) is 0 Å². The lowest BCUT2D eigenvalue weighted by Crippen LogP contribution is -2.20. The second kappa shape index (κ2) is 10.6. The summed E-state index contributed by atoms with van der Waals surface area (Å²) in [4.78, 5) is 2.17. The first-order chi connectivity index (χ1) is 9.72. The molecule has 3 heteroatoms. The Hall–Kier alpha value is -1.22. The van der Waals surface area contributed by atoms with Gasteiger partial charge >= 0.3 is 0 Å². The average Bonchev–Trinajstić information content (AvgIpc) is 2.44. The first-order valence-electron chi connectivity index (χ1n) is 7.84. The molecule has 0 saturated heterocycles. The van der Waals surface area contributed by atoms with Crippen molar-refractivity contribution in [3.63, 3.8) is 0 Å². The van der Waals surface area contributed by atoms with Crippen LogP contribution in [-0.2, 0) is 0 Å². The van der Waals surface area contributed by atoms with Crippen LogP contribution in [-0.4, -0.2) is 38.7 Å². The number of hydrogen-bond acceptors (Lipinski definition) is 3. The lowest BCUT2D eigenvalue weighted by molar-refractivity contribution is 0.304. The number of ether oxygens (including phenoxy) is 1. The molecule has 1 aromatic rings. The highest BCUT2D eigenvalue weighted by Crippen LogP contribution is 2.16. The number of unbranched alkanes of at least 4 members (excludes halogenated alkanes) is 4. The zero-order valence-electron chi connectivity index (χ0n) is 13.3. The number of nitrogens with zero attached hydrogens (tertiary/aromatic N) is 1. The van der Waals surface area contributed by atoms with Crippen molar-refractivity contribution >= 4 is 5.69 Å². The van der Waals surface area contributed by atoms with E-state index in [1.54, 1.807) is 0 Å². The Kier molecular flexibility index (Phi) is 8.88. The molecule has 0 aromatic heterocycles. The second-order valence-electron chi connectivity index (χ2n) is 5.52. The predicted molar refractivity (Wildman–Crippen MR) is 87.7 cm³/mol. The van der Waals surface area contributed by atoms with Crippen molar-refractivity contribution in [2.75, 3.05) is 39.1 Å². The van der Waals surface area contributed by atoms with Crippen LogP contribution in [0, 0.1) is 0 Å². The molecule has 0 radical (unpaired) electrons. The molecule has 0 aliphatic heterocycles. The Balaban J connectivity index is 2.15. The van der Waals surface area contributed by atoms with Gasteiger partial charge in [-0.3, -0.25) is 0 Å². The fourth-order valence-corrected chi connectivity index (χ4v) is 1.99. The van der Waals surface area contributed by atoms with E-state index < -0.39 is 0 Å². The molecule has 0 heterocycles. The van der Waals surface area contributed by atoms with E-state index >= 15 is 0 Å². The Morgan fingerprint density at radius 1 is 1.00 bits per heavy atom. The van der Waals surface area contributed by atoms with Crippen molar-refractivity contribution in [1.29, 1.82) is 0 Å². The third kappa shape index (κ3) is 8.05. The number of likely N-dealkylation sites (N-methyl/N-ethyl adjacent to an activating group) is 1. The summed E-state index contributed by atoms with van der Waals surface area (Å²) < 4.78 is 5.75. The van der Waals surface area contributed by atoms with E-state index in [1.165, 1.54) is 25.7 Å². The van der Waals surface area contributed by atoms with Gasteiger partial charge in [-0.1, -0.05) is 32.6 Å². The predicted octanol–water partition coefficient (Wildman–Crippen LogP) is 4.01. The molecule has 0 amide bonds. The smallest absolute Gasteiger partial charge is 0.119 e. The molecule has 0 saturated carbocycles. The van der Waals surface area contributed by atoms with Crippen molar-refractivity contribution in [3.05, 3.63) is 24.3 Å². The van der Waals surface area contributed by atoms with Gasteiger partial charge in [0.1, 0.15) is 5.75 Å². The number of anilines is 1. The van der Waals surface area contributed by atoms with Crippen molar-refractivity contribution in [3.8, 4) is 5.75 Å². The van der Waals surface area contributed by atoms with Crippen LogP contribution >= 0.6 is 0 Å². The van der Waals surface area contributed by atoms with Crippen LogP contribution in [0.5, 0.6) is 5.75 Å². The summed E-state index contributed by atoms with van der Waals surface area (Å²) in [6.45, 7) is 5.07. The summed E-state index contributed by atoms with van der Waals surface area (Å²) in [5.74, 6) is 0.971. The summed E-state index contributed by atoms with van der Waals surface area (Å²) in [6.07, 6.45) is 6.39. The maximum absolute atomic E-state index is 5.75. The van der Waals surface area contributed by atoms with Crippen LogP contribution in [0.2, 0.25) is 0 Å². The minimum Gasteiger partial charge on any atom is -0.494 e. The molecular formula is C17H30N2O. The monoisotopic (exact) mass is 278 g/mol. The molecule has 0 unspecified atom stereocenters. The second-order valence-corrected chi connectivity index (χ2v) is 5.52. The molecular weight excluding hydrogens is 248 g/mol. The minimum absolute atomic E-state index is 0.830. The van der Waals surface area contributed by atoms with Gasteiger partial charge in [0.15, 0.2) is 0 Å². The van der Waals surface area contributed by atoms with E-state index in [1.807, 2.05) is 12.1 Å². The van der Waals surface area contributed by atoms with Crippen molar-refractivity contribution in [2.45, 2.75) is 39.0 Å². The van der Waals surface area contributed by atoms with Gasteiger partial charge in [-0.2, -0.15) is 0 Å². The Morgan fingerprint density at radius 2 is 1.70 bits per heavy atom. The lowest BCUT2D eigenvalue weighted by Gasteiger charge is -2.12. The first kappa shape index (κ1) is 16.8. The Labute approximate surface area is 124 Å². The number of rotatable bonds is 11. The Morgan fingerprint density at radius 3 is 2.35 bits per heavy atom. The molecule has 0 bridgehead atoms. The molecule has 20 heavy (non-hydrogen) atoms. The van der Waals surface area contributed by atoms with Gasteiger partial charge in [-0.15, -0.1) is 0 Å². The highest BCUT2D eigenvalue weighted by molar-refractivity contribution is 5.46. The van der Waals surface area contributed by atoms with Crippen molar-refractivity contribution in [1.82, 2.24) is 4.90 Å². The van der Waals surface area contributed by atoms with E-state index in [0.717, 1.165) is 37.6 Å². The third-order valence-corrected chi connectivity index (χ3v) is 3.26. The van der Waals surface area contributed by atoms with Gasteiger partial charge in [-0.25, -0.2) is 0 Å². The standard InChI is InChI=1S/C17H30N2O/c1-4-5-6-7-8-15-20-17-11-9-16(10-12-17)18-13-14-19(2)3/h9-12,18H,4-8,13-15H2,1-3H3. The molecule has 0 aliphatic rings. The highest BCUT2D eigenvalue weighted by atomic mass is 16.5. The third-order valence-electron chi connectivity index (χ3n) is 3.26. The van der Waals surface area contributed by atoms with E-state index in [2.05, 4.69) is 43.4 Å².